The molecule has 0 aliphatic heterocycles. The maximum Gasteiger partial charge on any atom is 0.255 e. The van der Waals surface area contributed by atoms with Crippen molar-refractivity contribution in [3.8, 4) is 11.1 Å². The third-order valence-electron chi connectivity index (χ3n) is 3.74. The summed E-state index contributed by atoms with van der Waals surface area (Å²) in [6.07, 6.45) is 3.57. The van der Waals surface area contributed by atoms with Gasteiger partial charge >= 0.3 is 0 Å². The van der Waals surface area contributed by atoms with Gasteiger partial charge in [0.25, 0.3) is 5.91 Å². The van der Waals surface area contributed by atoms with Crippen molar-refractivity contribution in [2.45, 2.75) is 6.54 Å². The Labute approximate surface area is 145 Å². The zero-order chi connectivity index (χ0) is 17.5. The lowest BCUT2D eigenvalue weighted by Crippen LogP contribution is -2.13. The second kappa shape index (κ2) is 8.06. The number of carbonyl (C=O) groups is 1. The van der Waals surface area contributed by atoms with E-state index in [4.69, 9.17) is 0 Å². The molecule has 25 heavy (non-hydrogen) atoms. The first-order valence-electron chi connectivity index (χ1n) is 7.94. The molecule has 0 bridgehead atoms. The number of hydrogen-bond donors (Lipinski definition) is 2. The molecule has 0 aliphatic carbocycles. The number of para-hydroxylation sites is 1. The van der Waals surface area contributed by atoms with Crippen LogP contribution in [0.4, 0.5) is 15.8 Å². The molecule has 2 N–H and O–H groups in total. The van der Waals surface area contributed by atoms with Crippen molar-refractivity contribution in [1.29, 1.82) is 0 Å². The van der Waals surface area contributed by atoms with Crippen LogP contribution in [-0.4, -0.2) is 17.6 Å². The Bertz CT molecular complexity index is 835. The molecule has 0 unspecified atom stereocenters. The van der Waals surface area contributed by atoms with Crippen LogP contribution < -0.4 is 10.6 Å². The summed E-state index contributed by atoms with van der Waals surface area (Å²) in [6.45, 7) is -0.345. The van der Waals surface area contributed by atoms with Gasteiger partial charge in [0.1, 0.15) is 0 Å². The average molecular weight is 335 g/mol. The number of rotatable bonds is 6. The van der Waals surface area contributed by atoms with Crippen LogP contribution in [-0.2, 0) is 11.3 Å². The van der Waals surface area contributed by atoms with E-state index in [0.29, 0.717) is 12.2 Å². The van der Waals surface area contributed by atoms with Gasteiger partial charge in [-0.25, -0.2) is 4.39 Å². The lowest BCUT2D eigenvalue weighted by molar-refractivity contribution is -0.117. The first kappa shape index (κ1) is 16.6. The molecule has 0 radical (unpaired) electrons. The van der Waals surface area contributed by atoms with Gasteiger partial charge in [0.05, 0.1) is 0 Å². The Hall–Kier alpha value is -3.21. The molecule has 0 saturated heterocycles. The summed E-state index contributed by atoms with van der Waals surface area (Å²) in [4.78, 5) is 15.4. The second-order valence-corrected chi connectivity index (χ2v) is 5.52. The molecule has 3 aromatic rings. The molecule has 3 rings (SSSR count). The number of nitrogens with one attached hydrogen (secondary N) is 2. The van der Waals surface area contributed by atoms with Crippen LogP contribution in [0.1, 0.15) is 5.56 Å². The quantitative estimate of drug-likeness (QED) is 0.707. The Balaban J connectivity index is 1.73. The highest BCUT2D eigenvalue weighted by Gasteiger charge is 2.08. The van der Waals surface area contributed by atoms with Crippen LogP contribution in [0.15, 0.2) is 73.1 Å². The van der Waals surface area contributed by atoms with Gasteiger partial charge in [0.2, 0.25) is 0 Å². The fourth-order valence-corrected chi connectivity index (χ4v) is 2.50. The SMILES string of the molecule is O=C(CF)Nc1ccccc1-c1ccc(NCc2cccnc2)cc1. The van der Waals surface area contributed by atoms with Crippen LogP contribution >= 0.6 is 0 Å². The van der Waals surface area contributed by atoms with Gasteiger partial charge in [-0.1, -0.05) is 36.4 Å². The van der Waals surface area contributed by atoms with E-state index in [1.165, 1.54) is 0 Å². The summed E-state index contributed by atoms with van der Waals surface area (Å²) in [5.41, 5.74) is 4.48. The molecular formula is C20H18FN3O. The zero-order valence-electron chi connectivity index (χ0n) is 13.6. The number of halogens is 1. The predicted molar refractivity (Wildman–Crippen MR) is 98.0 cm³/mol. The molecular weight excluding hydrogens is 317 g/mol. The standard InChI is InChI=1S/C20H18FN3O/c21-12-20(25)24-19-6-2-1-5-18(19)16-7-9-17(10-8-16)23-14-15-4-3-11-22-13-15/h1-11,13,23H,12,14H2,(H,24,25). The molecule has 0 saturated carbocycles. The maximum absolute atomic E-state index is 12.5. The van der Waals surface area contributed by atoms with Crippen molar-refractivity contribution < 1.29 is 9.18 Å². The molecule has 1 aromatic heterocycles. The van der Waals surface area contributed by atoms with E-state index in [9.17, 15) is 9.18 Å². The summed E-state index contributed by atoms with van der Waals surface area (Å²) in [7, 11) is 0. The highest BCUT2D eigenvalue weighted by Crippen LogP contribution is 2.28. The minimum Gasteiger partial charge on any atom is -0.381 e. The number of benzene rings is 2. The number of nitrogens with zero attached hydrogens (tertiary/aromatic N) is 1. The molecule has 0 fully saturated rings. The molecule has 4 nitrogen and oxygen atoms in total. The van der Waals surface area contributed by atoms with Gasteiger partial charge in [0, 0.05) is 35.9 Å². The van der Waals surface area contributed by atoms with Gasteiger partial charge in [-0.15, -0.1) is 0 Å². The van der Waals surface area contributed by atoms with E-state index in [2.05, 4.69) is 15.6 Å². The van der Waals surface area contributed by atoms with Crippen molar-refractivity contribution in [2.24, 2.45) is 0 Å². The molecule has 0 atom stereocenters. The van der Waals surface area contributed by atoms with Gasteiger partial charge in [-0.3, -0.25) is 9.78 Å². The number of amides is 1. The Morgan fingerprint density at radius 3 is 2.52 bits per heavy atom. The number of aromatic nitrogens is 1. The van der Waals surface area contributed by atoms with Gasteiger partial charge in [-0.05, 0) is 35.4 Å². The molecule has 0 aliphatic rings. The van der Waals surface area contributed by atoms with Crippen molar-refractivity contribution in [3.05, 3.63) is 78.6 Å². The maximum atomic E-state index is 12.5. The van der Waals surface area contributed by atoms with Crippen LogP contribution in [0.5, 0.6) is 0 Å². The minimum atomic E-state index is -1.04. The summed E-state index contributed by atoms with van der Waals surface area (Å²) in [5, 5.41) is 5.92. The Morgan fingerprint density at radius 2 is 1.80 bits per heavy atom. The number of alkyl halides is 1. The summed E-state index contributed by atoms with van der Waals surface area (Å²) in [6, 6.07) is 19.1. The number of anilines is 2. The van der Waals surface area contributed by atoms with Gasteiger partial charge < -0.3 is 10.6 Å². The van der Waals surface area contributed by atoms with Crippen molar-refractivity contribution in [1.82, 2.24) is 4.98 Å². The largest absolute Gasteiger partial charge is 0.381 e. The van der Waals surface area contributed by atoms with E-state index in [-0.39, 0.29) is 0 Å². The molecule has 126 valence electrons. The second-order valence-electron chi connectivity index (χ2n) is 5.52. The fraction of sp³-hybridized carbons (Fsp3) is 0.100. The minimum absolute atomic E-state index is 0.598. The highest BCUT2D eigenvalue weighted by molar-refractivity contribution is 5.96. The Morgan fingerprint density at radius 1 is 1.00 bits per heavy atom. The van der Waals surface area contributed by atoms with Crippen LogP contribution in [0, 0.1) is 0 Å². The van der Waals surface area contributed by atoms with Crippen molar-refractivity contribution in [2.75, 3.05) is 17.3 Å². The monoisotopic (exact) mass is 335 g/mol. The van der Waals surface area contributed by atoms with Crippen molar-refractivity contribution >= 4 is 17.3 Å². The lowest BCUT2D eigenvalue weighted by atomic mass is 10.0. The van der Waals surface area contributed by atoms with E-state index in [0.717, 1.165) is 22.4 Å². The van der Waals surface area contributed by atoms with E-state index in [1.54, 1.807) is 18.3 Å². The normalized spacial score (nSPS) is 10.3. The third kappa shape index (κ3) is 4.41. The third-order valence-corrected chi connectivity index (χ3v) is 3.74. The molecule has 2 aromatic carbocycles. The van der Waals surface area contributed by atoms with Crippen LogP contribution in [0.25, 0.3) is 11.1 Å². The molecule has 0 spiro atoms. The van der Waals surface area contributed by atoms with Crippen molar-refractivity contribution in [3.63, 3.8) is 0 Å². The number of pyridine rings is 1. The Kier molecular flexibility index (Phi) is 5.36. The fourth-order valence-electron chi connectivity index (χ4n) is 2.50. The summed E-state index contributed by atoms with van der Waals surface area (Å²) in [5.74, 6) is -0.651. The van der Waals surface area contributed by atoms with Gasteiger partial charge in [0.15, 0.2) is 6.67 Å². The zero-order valence-corrected chi connectivity index (χ0v) is 13.6. The topological polar surface area (TPSA) is 54.0 Å². The summed E-state index contributed by atoms with van der Waals surface area (Å²) < 4.78 is 12.5. The summed E-state index contributed by atoms with van der Waals surface area (Å²) >= 11 is 0. The van der Waals surface area contributed by atoms with E-state index >= 15 is 0 Å². The number of carbonyl (C=O) groups excluding carboxylic acids is 1. The predicted octanol–water partition coefficient (Wildman–Crippen LogP) is 4.27. The molecule has 1 amide bonds. The highest BCUT2D eigenvalue weighted by atomic mass is 19.1. The molecule has 5 heteroatoms. The number of hydrogen-bond acceptors (Lipinski definition) is 3. The van der Waals surface area contributed by atoms with Gasteiger partial charge in [-0.2, -0.15) is 0 Å². The van der Waals surface area contributed by atoms with Crippen LogP contribution in [0.3, 0.4) is 0 Å². The first-order chi connectivity index (χ1) is 12.3. The lowest BCUT2D eigenvalue weighted by Gasteiger charge is -2.11. The van der Waals surface area contributed by atoms with Crippen LogP contribution in [0.2, 0.25) is 0 Å². The van der Waals surface area contributed by atoms with E-state index < -0.39 is 12.6 Å². The smallest absolute Gasteiger partial charge is 0.255 e. The molecule has 1 heterocycles. The average Bonchev–Trinajstić information content (AvgIpc) is 2.68. The van der Waals surface area contributed by atoms with E-state index in [1.807, 2.05) is 54.7 Å². The first-order valence-corrected chi connectivity index (χ1v) is 7.94.